The topological polar surface area (TPSA) is 57.0 Å². The molecule has 0 radical (unpaired) electrons. The monoisotopic (exact) mass is 318 g/mol. The van der Waals surface area contributed by atoms with E-state index in [1.807, 2.05) is 12.1 Å². The molecule has 5 nitrogen and oxygen atoms in total. The van der Waals surface area contributed by atoms with Crippen molar-refractivity contribution in [2.45, 2.75) is 13.5 Å². The summed E-state index contributed by atoms with van der Waals surface area (Å²) in [6, 6.07) is 6.01. The first-order valence-corrected chi connectivity index (χ1v) is 6.96. The highest BCUT2D eigenvalue weighted by Crippen LogP contribution is 2.27. The highest BCUT2D eigenvalue weighted by Gasteiger charge is 2.08. The predicted octanol–water partition coefficient (Wildman–Crippen LogP) is 1.92. The van der Waals surface area contributed by atoms with E-state index in [0.29, 0.717) is 19.8 Å². The fourth-order valence-corrected chi connectivity index (χ4v) is 1.97. The number of methoxy groups -OCH3 is 2. The van der Waals surface area contributed by atoms with Crippen LogP contribution in [0.15, 0.2) is 18.2 Å². The van der Waals surface area contributed by atoms with Crippen molar-refractivity contribution in [3.05, 3.63) is 23.8 Å². The SMILES string of the molecule is CCN(CCOCCN)Cc1ccc(OC)c(OC)c1.Cl. The molecule has 0 aliphatic rings. The van der Waals surface area contributed by atoms with Gasteiger partial charge in [0.05, 0.1) is 27.4 Å². The zero-order valence-corrected chi connectivity index (χ0v) is 13.9. The Bertz CT molecular complexity index is 391. The minimum atomic E-state index is 0. The van der Waals surface area contributed by atoms with Gasteiger partial charge in [-0.05, 0) is 24.2 Å². The summed E-state index contributed by atoms with van der Waals surface area (Å²) in [6.45, 7) is 6.77. The lowest BCUT2D eigenvalue weighted by atomic mass is 10.2. The lowest BCUT2D eigenvalue weighted by Gasteiger charge is -2.21. The van der Waals surface area contributed by atoms with Crippen LogP contribution in [0.2, 0.25) is 0 Å². The van der Waals surface area contributed by atoms with Gasteiger partial charge in [-0.2, -0.15) is 0 Å². The number of benzene rings is 1. The van der Waals surface area contributed by atoms with Crippen LogP contribution in [0.3, 0.4) is 0 Å². The molecule has 0 bridgehead atoms. The van der Waals surface area contributed by atoms with Gasteiger partial charge in [-0.3, -0.25) is 4.90 Å². The van der Waals surface area contributed by atoms with Gasteiger partial charge in [0.2, 0.25) is 0 Å². The maximum atomic E-state index is 5.42. The third-order valence-electron chi connectivity index (χ3n) is 3.12. The smallest absolute Gasteiger partial charge is 0.161 e. The number of nitrogens with two attached hydrogens (primary N) is 1. The first-order valence-electron chi connectivity index (χ1n) is 6.96. The molecule has 0 atom stereocenters. The summed E-state index contributed by atoms with van der Waals surface area (Å²) in [5.41, 5.74) is 6.59. The average Bonchev–Trinajstić information content (AvgIpc) is 2.50. The van der Waals surface area contributed by atoms with Gasteiger partial charge in [0.25, 0.3) is 0 Å². The van der Waals surface area contributed by atoms with E-state index in [1.165, 1.54) is 5.56 Å². The summed E-state index contributed by atoms with van der Waals surface area (Å²) in [7, 11) is 3.30. The van der Waals surface area contributed by atoms with Crippen molar-refractivity contribution >= 4 is 12.4 Å². The second-order valence-corrected chi connectivity index (χ2v) is 4.46. The minimum absolute atomic E-state index is 0. The Kier molecular flexibility index (Phi) is 11.1. The fraction of sp³-hybridized carbons (Fsp3) is 0.600. The molecular formula is C15H27ClN2O3. The molecule has 0 fully saturated rings. The molecule has 0 aliphatic carbocycles. The molecule has 0 aliphatic heterocycles. The number of rotatable bonds is 10. The quantitative estimate of drug-likeness (QED) is 0.668. The number of likely N-dealkylation sites (N-methyl/N-ethyl adjacent to an activating group) is 1. The van der Waals surface area contributed by atoms with Crippen LogP contribution >= 0.6 is 12.4 Å². The van der Waals surface area contributed by atoms with Gasteiger partial charge >= 0.3 is 0 Å². The van der Waals surface area contributed by atoms with Gasteiger partial charge in [0, 0.05) is 19.6 Å². The van der Waals surface area contributed by atoms with Gasteiger partial charge < -0.3 is 19.9 Å². The predicted molar refractivity (Wildman–Crippen MR) is 87.6 cm³/mol. The normalized spacial score (nSPS) is 10.3. The van der Waals surface area contributed by atoms with E-state index in [4.69, 9.17) is 19.9 Å². The summed E-state index contributed by atoms with van der Waals surface area (Å²) >= 11 is 0. The van der Waals surface area contributed by atoms with Crippen molar-refractivity contribution < 1.29 is 14.2 Å². The standard InChI is InChI=1S/C15H26N2O3.ClH/c1-4-17(8-10-20-9-7-16)12-13-5-6-14(18-2)15(11-13)19-3;/h5-6,11H,4,7-10,12,16H2,1-3H3;1H. The van der Waals surface area contributed by atoms with E-state index in [1.54, 1.807) is 14.2 Å². The van der Waals surface area contributed by atoms with Crippen molar-refractivity contribution in [2.75, 3.05) is 47.1 Å². The van der Waals surface area contributed by atoms with Crippen molar-refractivity contribution in [2.24, 2.45) is 5.73 Å². The average molecular weight is 319 g/mol. The van der Waals surface area contributed by atoms with E-state index >= 15 is 0 Å². The Hall–Kier alpha value is -1.01. The summed E-state index contributed by atoms with van der Waals surface area (Å²) in [6.07, 6.45) is 0. The van der Waals surface area contributed by atoms with Crippen molar-refractivity contribution in [1.82, 2.24) is 4.90 Å². The Morgan fingerprint density at radius 2 is 1.81 bits per heavy atom. The molecule has 1 aromatic carbocycles. The molecule has 122 valence electrons. The largest absolute Gasteiger partial charge is 0.493 e. The summed E-state index contributed by atoms with van der Waals surface area (Å²) < 4.78 is 16.0. The second-order valence-electron chi connectivity index (χ2n) is 4.46. The number of nitrogens with zero attached hydrogens (tertiary/aromatic N) is 1. The number of hydrogen-bond donors (Lipinski definition) is 1. The van der Waals surface area contributed by atoms with Gasteiger partial charge in [-0.25, -0.2) is 0 Å². The van der Waals surface area contributed by atoms with Crippen LogP contribution in [0, 0.1) is 0 Å². The van der Waals surface area contributed by atoms with Gasteiger partial charge in [-0.15, -0.1) is 12.4 Å². The molecule has 0 amide bonds. The molecule has 0 spiro atoms. The lowest BCUT2D eigenvalue weighted by molar-refractivity contribution is 0.108. The molecular weight excluding hydrogens is 292 g/mol. The first-order chi connectivity index (χ1) is 9.74. The lowest BCUT2D eigenvalue weighted by Crippen LogP contribution is -2.27. The molecule has 21 heavy (non-hydrogen) atoms. The Balaban J connectivity index is 0.00000400. The first kappa shape index (κ1) is 20.0. The van der Waals surface area contributed by atoms with E-state index in [0.717, 1.165) is 31.1 Å². The van der Waals surface area contributed by atoms with Crippen LogP contribution in [0.25, 0.3) is 0 Å². The molecule has 0 aromatic heterocycles. The summed E-state index contributed by atoms with van der Waals surface area (Å²) in [5, 5.41) is 0. The molecule has 0 unspecified atom stereocenters. The van der Waals surface area contributed by atoms with Crippen LogP contribution in [0.5, 0.6) is 11.5 Å². The van der Waals surface area contributed by atoms with Crippen LogP contribution < -0.4 is 15.2 Å². The van der Waals surface area contributed by atoms with Crippen molar-refractivity contribution in [3.63, 3.8) is 0 Å². The van der Waals surface area contributed by atoms with Gasteiger partial charge in [0.1, 0.15) is 0 Å². The highest BCUT2D eigenvalue weighted by molar-refractivity contribution is 5.85. The molecule has 6 heteroatoms. The van der Waals surface area contributed by atoms with Crippen molar-refractivity contribution in [3.8, 4) is 11.5 Å². The zero-order valence-electron chi connectivity index (χ0n) is 13.1. The fourth-order valence-electron chi connectivity index (χ4n) is 1.97. The number of hydrogen-bond acceptors (Lipinski definition) is 5. The van der Waals surface area contributed by atoms with Crippen LogP contribution in [-0.4, -0.2) is 52.0 Å². The van der Waals surface area contributed by atoms with E-state index in [2.05, 4.69) is 17.9 Å². The minimum Gasteiger partial charge on any atom is -0.493 e. The molecule has 2 N–H and O–H groups in total. The summed E-state index contributed by atoms with van der Waals surface area (Å²) in [4.78, 5) is 2.32. The van der Waals surface area contributed by atoms with Gasteiger partial charge in [0.15, 0.2) is 11.5 Å². The Labute approximate surface area is 133 Å². The number of halogens is 1. The third-order valence-corrected chi connectivity index (χ3v) is 3.12. The summed E-state index contributed by atoms with van der Waals surface area (Å²) in [5.74, 6) is 1.52. The molecule has 0 heterocycles. The zero-order chi connectivity index (χ0) is 14.8. The van der Waals surface area contributed by atoms with Crippen molar-refractivity contribution in [1.29, 1.82) is 0 Å². The maximum absolute atomic E-state index is 5.42. The molecule has 0 saturated carbocycles. The van der Waals surface area contributed by atoms with Crippen LogP contribution in [0.1, 0.15) is 12.5 Å². The molecule has 0 saturated heterocycles. The van der Waals surface area contributed by atoms with E-state index in [9.17, 15) is 0 Å². The van der Waals surface area contributed by atoms with Gasteiger partial charge in [-0.1, -0.05) is 13.0 Å². The second kappa shape index (κ2) is 11.6. The molecule has 1 aromatic rings. The highest BCUT2D eigenvalue weighted by atomic mass is 35.5. The number of ether oxygens (including phenoxy) is 3. The van der Waals surface area contributed by atoms with Crippen LogP contribution in [-0.2, 0) is 11.3 Å². The third kappa shape index (κ3) is 7.00. The van der Waals surface area contributed by atoms with E-state index < -0.39 is 0 Å². The van der Waals surface area contributed by atoms with Crippen LogP contribution in [0.4, 0.5) is 0 Å². The Morgan fingerprint density at radius 3 is 2.38 bits per heavy atom. The Morgan fingerprint density at radius 1 is 1.10 bits per heavy atom. The maximum Gasteiger partial charge on any atom is 0.161 e. The van der Waals surface area contributed by atoms with E-state index in [-0.39, 0.29) is 12.4 Å². The molecule has 1 rings (SSSR count).